The predicted octanol–water partition coefficient (Wildman–Crippen LogP) is 2.65. The van der Waals surface area contributed by atoms with Crippen molar-refractivity contribution in [1.29, 1.82) is 0 Å². The molecule has 1 N–H and O–H groups in total. The average molecular weight is 364 g/mol. The number of carbonyl (C=O) groups excluding carboxylic acids is 1. The van der Waals surface area contributed by atoms with E-state index >= 15 is 0 Å². The molecule has 2 fully saturated rings. The molecule has 2 heterocycles. The monoisotopic (exact) mass is 363 g/mol. The van der Waals surface area contributed by atoms with Crippen molar-refractivity contribution in [3.8, 4) is 0 Å². The summed E-state index contributed by atoms with van der Waals surface area (Å²) < 4.78 is 0. The number of amides is 1. The molecule has 2 aliphatic rings. The van der Waals surface area contributed by atoms with E-state index in [4.69, 9.17) is 0 Å². The Balaban J connectivity index is 1.53. The minimum Gasteiger partial charge on any atom is -0.339 e. The smallest absolute Gasteiger partial charge is 0.233 e. The van der Waals surface area contributed by atoms with Crippen molar-refractivity contribution in [2.24, 2.45) is 0 Å². The Morgan fingerprint density at radius 3 is 2.07 bits per heavy atom. The van der Waals surface area contributed by atoms with E-state index in [-0.39, 0.29) is 5.41 Å². The summed E-state index contributed by atoms with van der Waals surface area (Å²) in [5.41, 5.74) is 2.16. The van der Waals surface area contributed by atoms with Gasteiger partial charge in [0.1, 0.15) is 0 Å². The van der Waals surface area contributed by atoms with Gasteiger partial charge in [-0.25, -0.2) is 0 Å². The van der Waals surface area contributed by atoms with Crippen LogP contribution in [-0.4, -0.2) is 55.0 Å². The van der Waals surface area contributed by atoms with Crippen LogP contribution in [-0.2, 0) is 16.8 Å². The highest BCUT2D eigenvalue weighted by atomic mass is 16.2. The maximum Gasteiger partial charge on any atom is 0.233 e. The van der Waals surface area contributed by atoms with Crippen LogP contribution >= 0.6 is 0 Å². The van der Waals surface area contributed by atoms with Gasteiger partial charge in [0, 0.05) is 32.7 Å². The van der Waals surface area contributed by atoms with E-state index in [1.165, 1.54) is 11.1 Å². The van der Waals surface area contributed by atoms with Crippen LogP contribution in [0.3, 0.4) is 0 Å². The third-order valence-electron chi connectivity index (χ3n) is 6.10. The molecule has 0 aromatic heterocycles. The summed E-state index contributed by atoms with van der Waals surface area (Å²) in [5, 5.41) is 3.36. The Hall–Kier alpha value is -2.17. The zero-order valence-electron chi connectivity index (χ0n) is 15.9. The number of piperazine rings is 1. The molecule has 0 spiro atoms. The van der Waals surface area contributed by atoms with Crippen molar-refractivity contribution in [2.75, 3.05) is 39.3 Å². The zero-order valence-corrected chi connectivity index (χ0v) is 15.9. The second-order valence-electron chi connectivity index (χ2n) is 7.75. The fourth-order valence-corrected chi connectivity index (χ4v) is 4.49. The van der Waals surface area contributed by atoms with Crippen molar-refractivity contribution in [2.45, 2.75) is 24.8 Å². The van der Waals surface area contributed by atoms with E-state index in [1.54, 1.807) is 0 Å². The molecule has 0 aliphatic carbocycles. The highest BCUT2D eigenvalue weighted by Crippen LogP contribution is 2.38. The maximum atomic E-state index is 13.6. The number of hydrogen-bond donors (Lipinski definition) is 1. The van der Waals surface area contributed by atoms with Crippen LogP contribution in [0.15, 0.2) is 60.7 Å². The summed E-state index contributed by atoms with van der Waals surface area (Å²) in [7, 11) is 0. The molecule has 2 aliphatic heterocycles. The van der Waals surface area contributed by atoms with Crippen molar-refractivity contribution >= 4 is 5.91 Å². The van der Waals surface area contributed by atoms with E-state index in [2.05, 4.69) is 69.7 Å². The molecule has 0 bridgehead atoms. The molecular weight excluding hydrogens is 334 g/mol. The van der Waals surface area contributed by atoms with Crippen LogP contribution in [0, 0.1) is 0 Å². The maximum absolute atomic E-state index is 13.6. The number of nitrogens with zero attached hydrogens (tertiary/aromatic N) is 2. The first-order chi connectivity index (χ1) is 13.3. The van der Waals surface area contributed by atoms with Gasteiger partial charge in [-0.1, -0.05) is 60.7 Å². The van der Waals surface area contributed by atoms with Crippen LogP contribution in [0.1, 0.15) is 24.0 Å². The lowest BCUT2D eigenvalue weighted by Crippen LogP contribution is -2.56. The second kappa shape index (κ2) is 8.24. The number of likely N-dealkylation sites (tertiary alicyclic amines) is 1. The Labute approximate surface area is 162 Å². The van der Waals surface area contributed by atoms with Crippen LogP contribution in [0.4, 0.5) is 0 Å². The quantitative estimate of drug-likeness (QED) is 0.907. The first-order valence-corrected chi connectivity index (χ1v) is 10.1. The van der Waals surface area contributed by atoms with E-state index in [0.717, 1.165) is 58.7 Å². The third-order valence-corrected chi connectivity index (χ3v) is 6.10. The molecule has 142 valence electrons. The Morgan fingerprint density at radius 1 is 0.852 bits per heavy atom. The van der Waals surface area contributed by atoms with E-state index in [9.17, 15) is 4.79 Å². The summed E-state index contributed by atoms with van der Waals surface area (Å²) >= 11 is 0. The molecule has 2 saturated heterocycles. The van der Waals surface area contributed by atoms with Gasteiger partial charge in [-0.2, -0.15) is 0 Å². The number of nitrogens with one attached hydrogen (secondary N) is 1. The van der Waals surface area contributed by atoms with Gasteiger partial charge in [0.15, 0.2) is 0 Å². The van der Waals surface area contributed by atoms with Gasteiger partial charge in [0.05, 0.1) is 5.41 Å². The lowest BCUT2D eigenvalue weighted by atomic mass is 9.71. The Morgan fingerprint density at radius 2 is 1.44 bits per heavy atom. The van der Waals surface area contributed by atoms with Crippen molar-refractivity contribution in [3.63, 3.8) is 0 Å². The molecular formula is C23H29N3O. The molecule has 4 rings (SSSR count). The van der Waals surface area contributed by atoms with Gasteiger partial charge in [-0.15, -0.1) is 0 Å². The standard InChI is InChI=1S/C23H29N3O/c27-22(26-17-13-24-14-18-26)23(21-9-5-2-6-10-21)11-15-25(16-12-23)19-20-7-3-1-4-8-20/h1-10,24H,11-19H2. The van der Waals surface area contributed by atoms with Crippen LogP contribution in [0.25, 0.3) is 0 Å². The molecule has 0 saturated carbocycles. The summed E-state index contributed by atoms with van der Waals surface area (Å²) in [6.45, 7) is 6.33. The molecule has 4 heteroatoms. The third kappa shape index (κ3) is 3.92. The zero-order chi connectivity index (χ0) is 18.5. The first-order valence-electron chi connectivity index (χ1n) is 10.1. The van der Waals surface area contributed by atoms with E-state index < -0.39 is 0 Å². The van der Waals surface area contributed by atoms with Crippen molar-refractivity contribution in [3.05, 3.63) is 71.8 Å². The fraction of sp³-hybridized carbons (Fsp3) is 0.435. The largest absolute Gasteiger partial charge is 0.339 e. The number of hydrogen-bond acceptors (Lipinski definition) is 3. The van der Waals surface area contributed by atoms with Gasteiger partial charge >= 0.3 is 0 Å². The molecule has 4 nitrogen and oxygen atoms in total. The minimum absolute atomic E-state index is 0.328. The number of piperidine rings is 1. The Kier molecular flexibility index (Phi) is 5.55. The van der Waals surface area contributed by atoms with Gasteiger partial charge in [-0.05, 0) is 37.1 Å². The van der Waals surface area contributed by atoms with Gasteiger partial charge < -0.3 is 10.2 Å². The Bertz CT molecular complexity index is 733. The summed E-state index contributed by atoms with van der Waals surface area (Å²) in [5.74, 6) is 0.328. The van der Waals surface area contributed by atoms with Crippen molar-refractivity contribution in [1.82, 2.24) is 15.1 Å². The van der Waals surface area contributed by atoms with Gasteiger partial charge in [0.2, 0.25) is 5.91 Å². The number of carbonyl (C=O) groups is 1. The molecule has 0 radical (unpaired) electrons. The number of rotatable bonds is 4. The molecule has 0 atom stereocenters. The highest BCUT2D eigenvalue weighted by Gasteiger charge is 2.45. The van der Waals surface area contributed by atoms with Crippen molar-refractivity contribution < 1.29 is 4.79 Å². The lowest BCUT2D eigenvalue weighted by molar-refractivity contribution is -0.140. The molecule has 2 aromatic rings. The molecule has 1 amide bonds. The van der Waals surface area contributed by atoms with E-state index in [1.807, 2.05) is 6.07 Å². The second-order valence-corrected chi connectivity index (χ2v) is 7.75. The fourth-order valence-electron chi connectivity index (χ4n) is 4.49. The normalized spacial score (nSPS) is 20.4. The minimum atomic E-state index is -0.369. The SMILES string of the molecule is O=C(N1CCNCC1)C1(c2ccccc2)CCN(Cc2ccccc2)CC1. The topological polar surface area (TPSA) is 35.6 Å². The van der Waals surface area contributed by atoms with Gasteiger partial charge in [0.25, 0.3) is 0 Å². The summed E-state index contributed by atoms with van der Waals surface area (Å²) in [6.07, 6.45) is 1.79. The van der Waals surface area contributed by atoms with Crippen LogP contribution < -0.4 is 5.32 Å². The lowest BCUT2D eigenvalue weighted by Gasteiger charge is -2.44. The highest BCUT2D eigenvalue weighted by molar-refractivity contribution is 5.88. The molecule has 0 unspecified atom stereocenters. The summed E-state index contributed by atoms with van der Waals surface area (Å²) in [6, 6.07) is 21.1. The molecule has 27 heavy (non-hydrogen) atoms. The average Bonchev–Trinajstić information content (AvgIpc) is 2.76. The van der Waals surface area contributed by atoms with Crippen LogP contribution in [0.5, 0.6) is 0 Å². The summed E-state index contributed by atoms with van der Waals surface area (Å²) in [4.78, 5) is 18.2. The number of benzene rings is 2. The van der Waals surface area contributed by atoms with Crippen LogP contribution in [0.2, 0.25) is 0 Å². The predicted molar refractivity (Wildman–Crippen MR) is 109 cm³/mol. The molecule has 2 aromatic carbocycles. The first kappa shape index (κ1) is 18.2. The van der Waals surface area contributed by atoms with E-state index in [0.29, 0.717) is 5.91 Å². The van der Waals surface area contributed by atoms with Gasteiger partial charge in [-0.3, -0.25) is 9.69 Å².